The summed E-state index contributed by atoms with van der Waals surface area (Å²) >= 11 is 0. The van der Waals surface area contributed by atoms with Gasteiger partial charge in [0.1, 0.15) is 5.75 Å². The summed E-state index contributed by atoms with van der Waals surface area (Å²) in [6.07, 6.45) is 0.618. The molecule has 10 heteroatoms. The van der Waals surface area contributed by atoms with Crippen molar-refractivity contribution < 1.29 is 39.9 Å². The standard InChI is InChI=1S/C9H5F5O4S/c1-19(16,17)2-3(15)18-9-7(13)5(11)4(10)6(12)8(9)14/h2H2,1H3. The van der Waals surface area contributed by atoms with Crippen molar-refractivity contribution >= 4 is 15.8 Å². The molecule has 19 heavy (non-hydrogen) atoms. The molecule has 0 radical (unpaired) electrons. The highest BCUT2D eigenvalue weighted by Crippen LogP contribution is 2.29. The Morgan fingerprint density at radius 1 is 0.947 bits per heavy atom. The Bertz CT molecular complexity index is 611. The molecule has 1 aromatic carbocycles. The van der Waals surface area contributed by atoms with Crippen LogP contribution in [-0.4, -0.2) is 26.4 Å². The van der Waals surface area contributed by atoms with Crippen LogP contribution < -0.4 is 4.74 Å². The summed E-state index contributed by atoms with van der Waals surface area (Å²) in [5, 5.41) is 0. The van der Waals surface area contributed by atoms with Crippen LogP contribution in [0.2, 0.25) is 0 Å². The number of benzene rings is 1. The fourth-order valence-corrected chi connectivity index (χ4v) is 1.52. The molecule has 0 fully saturated rings. The Morgan fingerprint density at radius 3 is 1.68 bits per heavy atom. The first kappa shape index (κ1) is 15.3. The van der Waals surface area contributed by atoms with Gasteiger partial charge in [-0.2, -0.15) is 8.78 Å². The average Bonchev–Trinajstić information content (AvgIpc) is 2.27. The number of halogens is 5. The molecule has 0 unspecified atom stereocenters. The maximum atomic E-state index is 13.0. The molecule has 1 aromatic rings. The molecule has 0 bridgehead atoms. The lowest BCUT2D eigenvalue weighted by Gasteiger charge is -2.08. The average molecular weight is 304 g/mol. The normalized spacial score (nSPS) is 11.5. The number of carbonyl (C=O) groups is 1. The fourth-order valence-electron chi connectivity index (χ4n) is 1.03. The van der Waals surface area contributed by atoms with E-state index < -0.39 is 56.4 Å². The minimum Gasteiger partial charge on any atom is -0.419 e. The zero-order valence-corrected chi connectivity index (χ0v) is 9.95. The highest BCUT2D eigenvalue weighted by molar-refractivity contribution is 7.91. The van der Waals surface area contributed by atoms with Crippen LogP contribution in [0.25, 0.3) is 0 Å². The Labute approximate surface area is 103 Å². The highest BCUT2D eigenvalue weighted by atomic mass is 32.2. The summed E-state index contributed by atoms with van der Waals surface area (Å²) in [5.74, 6) is -16.5. The van der Waals surface area contributed by atoms with Gasteiger partial charge < -0.3 is 4.74 Å². The monoisotopic (exact) mass is 304 g/mol. The number of hydrogen-bond donors (Lipinski definition) is 0. The third-order valence-electron chi connectivity index (χ3n) is 1.77. The molecule has 0 aromatic heterocycles. The Kier molecular flexibility index (Phi) is 4.13. The summed E-state index contributed by atoms with van der Waals surface area (Å²) in [6.45, 7) is 0. The van der Waals surface area contributed by atoms with Crippen molar-refractivity contribution in [1.82, 2.24) is 0 Å². The van der Waals surface area contributed by atoms with Gasteiger partial charge in [0, 0.05) is 6.26 Å². The molecule has 4 nitrogen and oxygen atoms in total. The number of rotatable bonds is 3. The molecule has 106 valence electrons. The van der Waals surface area contributed by atoms with Gasteiger partial charge in [0.25, 0.3) is 0 Å². The number of carbonyl (C=O) groups excluding carboxylic acids is 1. The highest BCUT2D eigenvalue weighted by Gasteiger charge is 2.29. The Morgan fingerprint density at radius 2 is 1.32 bits per heavy atom. The van der Waals surface area contributed by atoms with Crippen molar-refractivity contribution in [1.29, 1.82) is 0 Å². The number of esters is 1. The smallest absolute Gasteiger partial charge is 0.326 e. The zero-order chi connectivity index (χ0) is 15.0. The summed E-state index contributed by atoms with van der Waals surface area (Å²) in [4.78, 5) is 11.0. The van der Waals surface area contributed by atoms with Crippen LogP contribution in [0.15, 0.2) is 0 Å². The van der Waals surface area contributed by atoms with Gasteiger partial charge in [-0.3, -0.25) is 4.79 Å². The first-order valence-electron chi connectivity index (χ1n) is 4.44. The molecule has 1 rings (SSSR count). The van der Waals surface area contributed by atoms with E-state index in [-0.39, 0.29) is 0 Å². The van der Waals surface area contributed by atoms with Gasteiger partial charge in [0.05, 0.1) is 0 Å². The lowest BCUT2D eigenvalue weighted by Crippen LogP contribution is -2.21. The van der Waals surface area contributed by atoms with Gasteiger partial charge >= 0.3 is 5.97 Å². The van der Waals surface area contributed by atoms with Crippen molar-refractivity contribution in [3.8, 4) is 5.75 Å². The Balaban J connectivity index is 3.20. The van der Waals surface area contributed by atoms with Gasteiger partial charge in [-0.1, -0.05) is 0 Å². The van der Waals surface area contributed by atoms with Crippen LogP contribution in [-0.2, 0) is 14.6 Å². The van der Waals surface area contributed by atoms with Crippen LogP contribution >= 0.6 is 0 Å². The number of ether oxygens (including phenoxy) is 1. The van der Waals surface area contributed by atoms with Crippen LogP contribution in [0.5, 0.6) is 5.75 Å². The lowest BCUT2D eigenvalue weighted by atomic mass is 10.2. The summed E-state index contributed by atoms with van der Waals surface area (Å²) in [5.41, 5.74) is 0. The van der Waals surface area contributed by atoms with Crippen LogP contribution in [0.4, 0.5) is 22.0 Å². The topological polar surface area (TPSA) is 60.4 Å². The lowest BCUT2D eigenvalue weighted by molar-refractivity contribution is -0.131. The molecule has 0 aliphatic rings. The third-order valence-corrected chi connectivity index (χ3v) is 2.53. The van der Waals surface area contributed by atoms with E-state index in [0.717, 1.165) is 0 Å². The fraction of sp³-hybridized carbons (Fsp3) is 0.222. The van der Waals surface area contributed by atoms with Crippen molar-refractivity contribution in [3.63, 3.8) is 0 Å². The molecule has 0 saturated heterocycles. The zero-order valence-electron chi connectivity index (χ0n) is 9.14. The summed E-state index contributed by atoms with van der Waals surface area (Å²) in [6, 6.07) is 0. The van der Waals surface area contributed by atoms with Crippen molar-refractivity contribution in [2.24, 2.45) is 0 Å². The molecular formula is C9H5F5O4S. The van der Waals surface area contributed by atoms with Crippen LogP contribution in [0.1, 0.15) is 0 Å². The first-order chi connectivity index (χ1) is 8.54. The van der Waals surface area contributed by atoms with E-state index in [1.54, 1.807) is 0 Å². The SMILES string of the molecule is CS(=O)(=O)CC(=O)Oc1c(F)c(F)c(F)c(F)c1F. The maximum absolute atomic E-state index is 13.0. The molecule has 0 atom stereocenters. The van der Waals surface area contributed by atoms with E-state index in [4.69, 9.17) is 0 Å². The van der Waals surface area contributed by atoms with Gasteiger partial charge in [0.2, 0.25) is 34.8 Å². The van der Waals surface area contributed by atoms with E-state index in [2.05, 4.69) is 4.74 Å². The molecule has 0 aliphatic heterocycles. The number of sulfone groups is 1. The first-order valence-corrected chi connectivity index (χ1v) is 6.50. The van der Waals surface area contributed by atoms with Gasteiger partial charge in [0.15, 0.2) is 9.84 Å². The number of hydrogen-bond acceptors (Lipinski definition) is 4. The third kappa shape index (κ3) is 3.40. The van der Waals surface area contributed by atoms with Gasteiger partial charge in [-0.25, -0.2) is 21.6 Å². The predicted octanol–water partition coefficient (Wildman–Crippen LogP) is 1.33. The minimum atomic E-state index is -3.88. The van der Waals surface area contributed by atoms with Crippen molar-refractivity contribution in [3.05, 3.63) is 29.1 Å². The molecule has 0 saturated carbocycles. The largest absolute Gasteiger partial charge is 0.419 e. The van der Waals surface area contributed by atoms with E-state index in [0.29, 0.717) is 6.26 Å². The van der Waals surface area contributed by atoms with E-state index >= 15 is 0 Å². The molecule has 0 spiro atoms. The van der Waals surface area contributed by atoms with Crippen molar-refractivity contribution in [2.45, 2.75) is 0 Å². The van der Waals surface area contributed by atoms with Crippen molar-refractivity contribution in [2.75, 3.05) is 12.0 Å². The van der Waals surface area contributed by atoms with E-state index in [1.807, 2.05) is 0 Å². The van der Waals surface area contributed by atoms with Gasteiger partial charge in [-0.05, 0) is 0 Å². The summed E-state index contributed by atoms with van der Waals surface area (Å²) in [7, 11) is -3.88. The van der Waals surface area contributed by atoms with Crippen LogP contribution in [0.3, 0.4) is 0 Å². The van der Waals surface area contributed by atoms with E-state index in [9.17, 15) is 35.2 Å². The predicted molar refractivity (Wildman–Crippen MR) is 51.6 cm³/mol. The quantitative estimate of drug-likeness (QED) is 0.278. The van der Waals surface area contributed by atoms with E-state index in [1.165, 1.54) is 0 Å². The second-order valence-electron chi connectivity index (χ2n) is 3.44. The van der Waals surface area contributed by atoms with Gasteiger partial charge in [-0.15, -0.1) is 0 Å². The maximum Gasteiger partial charge on any atom is 0.326 e. The molecule has 0 amide bonds. The molecular weight excluding hydrogens is 299 g/mol. The molecule has 0 heterocycles. The second-order valence-corrected chi connectivity index (χ2v) is 5.58. The van der Waals surface area contributed by atoms with Crippen LogP contribution in [0, 0.1) is 29.1 Å². The molecule has 0 N–H and O–H groups in total. The second kappa shape index (κ2) is 5.11. The summed E-state index contributed by atoms with van der Waals surface area (Å²) < 4.78 is 89.4. The minimum absolute atomic E-state index is 0.618. The molecule has 0 aliphatic carbocycles. The Hall–Kier alpha value is -1.71.